The van der Waals surface area contributed by atoms with Crippen molar-refractivity contribution in [3.63, 3.8) is 0 Å². The summed E-state index contributed by atoms with van der Waals surface area (Å²) in [6.45, 7) is -0.655. The lowest BCUT2D eigenvalue weighted by Crippen LogP contribution is -2.43. The minimum Gasteiger partial charge on any atom is -0.452 e. The van der Waals surface area contributed by atoms with Crippen LogP contribution in [0.4, 0.5) is 5.69 Å². The number of anilines is 1. The quantitative estimate of drug-likeness (QED) is 0.249. The zero-order valence-electron chi connectivity index (χ0n) is 19.0. The summed E-state index contributed by atoms with van der Waals surface area (Å²) in [5.74, 6) is -4.02. The number of hydrogen-bond donors (Lipinski definition) is 2. The first-order valence-electron chi connectivity index (χ1n) is 11.5. The summed E-state index contributed by atoms with van der Waals surface area (Å²) < 4.78 is 4.97. The molecular formula is C25H20Cl3N3O6. The van der Waals surface area contributed by atoms with Crippen molar-refractivity contribution in [1.82, 2.24) is 10.9 Å². The molecule has 2 saturated carbocycles. The standard InChI is InChI=1S/C25H20Cl3N3O6/c26-16-4-2-1-3-13(16)22(33)30-29-17(32)10-37-25(36)11-5-7-12(8-6-11)31-23(34)18-14-9-15(19(18)24(31)35)21(28)20(14)27/h1-8,14-15,18-21H,9-10H2,(H,29,32)(H,30,33)/t14-,15-,18-,19-,20-,21+/m1/s1. The number of fused-ring (bicyclic) bond motifs is 5. The van der Waals surface area contributed by atoms with Crippen molar-refractivity contribution in [2.75, 3.05) is 11.5 Å². The van der Waals surface area contributed by atoms with Crippen LogP contribution >= 0.6 is 34.8 Å². The number of ether oxygens (including phenoxy) is 1. The van der Waals surface area contributed by atoms with Crippen LogP contribution in [0.3, 0.4) is 0 Å². The fourth-order valence-electron chi connectivity index (χ4n) is 5.44. The van der Waals surface area contributed by atoms with E-state index in [2.05, 4.69) is 10.9 Å². The number of amides is 4. The van der Waals surface area contributed by atoms with Crippen LogP contribution in [0.25, 0.3) is 0 Å². The maximum atomic E-state index is 13.1. The lowest BCUT2D eigenvalue weighted by Gasteiger charge is -2.28. The number of halogens is 3. The summed E-state index contributed by atoms with van der Waals surface area (Å²) >= 11 is 18.7. The van der Waals surface area contributed by atoms with E-state index in [-0.39, 0.29) is 50.6 Å². The summed E-state index contributed by atoms with van der Waals surface area (Å²) in [5.41, 5.74) is 4.92. The van der Waals surface area contributed by atoms with Crippen molar-refractivity contribution in [3.05, 3.63) is 64.7 Å². The van der Waals surface area contributed by atoms with Crippen molar-refractivity contribution in [2.24, 2.45) is 23.7 Å². The van der Waals surface area contributed by atoms with Crippen molar-refractivity contribution in [2.45, 2.75) is 17.2 Å². The summed E-state index contributed by atoms with van der Waals surface area (Å²) in [6, 6.07) is 12.0. The second-order valence-corrected chi connectivity index (χ2v) is 10.5. The third-order valence-electron chi connectivity index (χ3n) is 7.12. The van der Waals surface area contributed by atoms with Gasteiger partial charge in [-0.25, -0.2) is 4.79 Å². The predicted molar refractivity (Wildman–Crippen MR) is 134 cm³/mol. The van der Waals surface area contributed by atoms with Gasteiger partial charge < -0.3 is 4.74 Å². The Morgan fingerprint density at radius 3 is 2.08 bits per heavy atom. The molecule has 1 aliphatic heterocycles. The van der Waals surface area contributed by atoms with Crippen LogP contribution in [0.15, 0.2) is 48.5 Å². The number of imide groups is 1. The van der Waals surface area contributed by atoms with Crippen LogP contribution in [0, 0.1) is 23.7 Å². The van der Waals surface area contributed by atoms with E-state index in [9.17, 15) is 24.0 Å². The molecule has 3 aliphatic rings. The summed E-state index contributed by atoms with van der Waals surface area (Å²) in [4.78, 5) is 63.7. The van der Waals surface area contributed by atoms with Gasteiger partial charge in [-0.05, 0) is 54.7 Å². The highest BCUT2D eigenvalue weighted by atomic mass is 35.5. The van der Waals surface area contributed by atoms with Crippen LogP contribution in [0.2, 0.25) is 5.02 Å². The van der Waals surface area contributed by atoms with E-state index in [0.29, 0.717) is 12.1 Å². The SMILES string of the molecule is O=C(COC(=O)c1ccc(N2C(=O)[C@@H]3[C@H]4C[C@@H]([C@@H](Cl)[C@H]4Cl)[C@H]3C2=O)cc1)NNC(=O)c1ccccc1Cl. The molecule has 2 bridgehead atoms. The van der Waals surface area contributed by atoms with Gasteiger partial charge in [-0.2, -0.15) is 0 Å². The first-order valence-corrected chi connectivity index (χ1v) is 12.7. The van der Waals surface area contributed by atoms with E-state index < -0.39 is 36.2 Å². The molecule has 0 radical (unpaired) electrons. The maximum Gasteiger partial charge on any atom is 0.338 e. The minimum atomic E-state index is -0.803. The minimum absolute atomic E-state index is 0.109. The number of esters is 1. The van der Waals surface area contributed by atoms with Gasteiger partial charge in [0, 0.05) is 0 Å². The number of nitrogens with zero attached hydrogens (tertiary/aromatic N) is 1. The number of benzene rings is 2. The molecule has 192 valence electrons. The molecular weight excluding hydrogens is 545 g/mol. The first-order chi connectivity index (χ1) is 17.7. The number of nitrogens with one attached hydrogen (secondary N) is 2. The van der Waals surface area contributed by atoms with Crippen molar-refractivity contribution in [3.8, 4) is 0 Å². The van der Waals surface area contributed by atoms with Gasteiger partial charge in [-0.15, -0.1) is 23.2 Å². The van der Waals surface area contributed by atoms with E-state index in [1.807, 2.05) is 0 Å². The lowest BCUT2D eigenvalue weighted by atomic mass is 9.80. The number of carbonyl (C=O) groups excluding carboxylic acids is 5. The molecule has 4 amide bonds. The van der Waals surface area contributed by atoms with Gasteiger partial charge in [0.2, 0.25) is 11.8 Å². The molecule has 0 unspecified atom stereocenters. The Morgan fingerprint density at radius 1 is 0.892 bits per heavy atom. The Labute approximate surface area is 226 Å². The predicted octanol–water partition coefficient (Wildman–Crippen LogP) is 2.93. The Balaban J connectivity index is 1.15. The van der Waals surface area contributed by atoms with Gasteiger partial charge in [0.15, 0.2) is 6.61 Å². The topological polar surface area (TPSA) is 122 Å². The van der Waals surface area contributed by atoms with Crippen LogP contribution < -0.4 is 15.8 Å². The van der Waals surface area contributed by atoms with Gasteiger partial charge in [0.25, 0.3) is 11.8 Å². The van der Waals surface area contributed by atoms with E-state index in [0.717, 1.165) is 4.90 Å². The Bertz CT molecular complexity index is 1270. The Morgan fingerprint density at radius 2 is 1.49 bits per heavy atom. The third-order valence-corrected chi connectivity index (χ3v) is 8.77. The molecule has 5 rings (SSSR count). The fraction of sp³-hybridized carbons (Fsp3) is 0.320. The zero-order valence-corrected chi connectivity index (χ0v) is 21.3. The maximum absolute atomic E-state index is 13.1. The first kappa shape index (κ1) is 25.5. The number of hydrazine groups is 1. The molecule has 1 heterocycles. The number of hydrogen-bond acceptors (Lipinski definition) is 6. The number of alkyl halides is 2. The van der Waals surface area contributed by atoms with E-state index >= 15 is 0 Å². The molecule has 2 N–H and O–H groups in total. The van der Waals surface area contributed by atoms with Crippen molar-refractivity contribution < 1.29 is 28.7 Å². The second kappa shape index (κ2) is 9.96. The van der Waals surface area contributed by atoms with Crippen LogP contribution in [-0.2, 0) is 19.1 Å². The molecule has 1 saturated heterocycles. The van der Waals surface area contributed by atoms with Gasteiger partial charge in [0.05, 0.1) is 44.4 Å². The molecule has 6 atom stereocenters. The molecule has 2 aliphatic carbocycles. The average molecular weight is 565 g/mol. The number of carbonyl (C=O) groups is 5. The van der Waals surface area contributed by atoms with Crippen LogP contribution in [0.5, 0.6) is 0 Å². The van der Waals surface area contributed by atoms with Crippen molar-refractivity contribution in [1.29, 1.82) is 0 Å². The molecule has 2 aromatic carbocycles. The monoisotopic (exact) mass is 563 g/mol. The van der Waals surface area contributed by atoms with E-state index in [4.69, 9.17) is 39.5 Å². The molecule has 37 heavy (non-hydrogen) atoms. The molecule has 0 spiro atoms. The van der Waals surface area contributed by atoms with E-state index in [1.165, 1.54) is 36.4 Å². The lowest BCUT2D eigenvalue weighted by molar-refractivity contribution is -0.125. The van der Waals surface area contributed by atoms with Gasteiger partial charge in [0.1, 0.15) is 0 Å². The fourth-order valence-corrected chi connectivity index (χ4v) is 6.55. The highest BCUT2D eigenvalue weighted by Gasteiger charge is 2.66. The molecule has 12 heteroatoms. The van der Waals surface area contributed by atoms with E-state index in [1.54, 1.807) is 12.1 Å². The van der Waals surface area contributed by atoms with Gasteiger partial charge in [-0.3, -0.25) is 34.9 Å². The highest BCUT2D eigenvalue weighted by Crippen LogP contribution is 2.59. The molecule has 9 nitrogen and oxygen atoms in total. The Kier molecular flexibility index (Phi) is 6.87. The normalized spacial score (nSPS) is 27.7. The summed E-state index contributed by atoms with van der Waals surface area (Å²) in [7, 11) is 0. The molecule has 0 aromatic heterocycles. The van der Waals surface area contributed by atoms with Gasteiger partial charge in [-0.1, -0.05) is 23.7 Å². The summed E-state index contributed by atoms with van der Waals surface area (Å²) in [5, 5.41) is -0.477. The largest absolute Gasteiger partial charge is 0.452 e. The van der Waals surface area contributed by atoms with Gasteiger partial charge >= 0.3 is 5.97 Å². The third kappa shape index (κ3) is 4.45. The highest BCUT2D eigenvalue weighted by molar-refractivity contribution is 6.34. The molecule has 3 fully saturated rings. The second-order valence-electron chi connectivity index (χ2n) is 9.12. The zero-order chi connectivity index (χ0) is 26.4. The van der Waals surface area contributed by atoms with Crippen LogP contribution in [-0.4, -0.2) is 47.0 Å². The average Bonchev–Trinajstić information content (AvgIpc) is 3.51. The van der Waals surface area contributed by atoms with Crippen LogP contribution in [0.1, 0.15) is 27.1 Å². The van der Waals surface area contributed by atoms with Crippen molar-refractivity contribution >= 4 is 70.1 Å². The smallest absolute Gasteiger partial charge is 0.338 e. The molecule has 2 aromatic rings. The number of rotatable bonds is 5. The Hall–Kier alpha value is -3.14. The summed E-state index contributed by atoms with van der Waals surface area (Å²) in [6.07, 6.45) is 0.672.